The summed E-state index contributed by atoms with van der Waals surface area (Å²) in [7, 11) is 1.54. The van der Waals surface area contributed by atoms with Crippen LogP contribution in [0.2, 0.25) is 0 Å². The van der Waals surface area contributed by atoms with Gasteiger partial charge in [-0.3, -0.25) is 14.5 Å². The third kappa shape index (κ3) is 2.67. The van der Waals surface area contributed by atoms with Gasteiger partial charge < -0.3 is 9.15 Å². The standard InChI is InChI=1S/C23H15FN2O4/c1-29-15-6-4-5-13(11-15)20-19-21(27)16-12-14(24)8-9-17(16)30-22(19)23(28)26(20)18-7-2-3-10-25-18/h2-12,20H,1H3/t20-/m1/s1. The summed E-state index contributed by atoms with van der Waals surface area (Å²) < 4.78 is 24.9. The van der Waals surface area contributed by atoms with E-state index in [0.29, 0.717) is 17.1 Å². The van der Waals surface area contributed by atoms with Crippen LogP contribution in [0.1, 0.15) is 27.7 Å². The lowest BCUT2D eigenvalue weighted by molar-refractivity contribution is 0.0970. The van der Waals surface area contributed by atoms with Crippen LogP contribution in [0, 0.1) is 5.82 Å². The minimum Gasteiger partial charge on any atom is -0.497 e. The molecular weight excluding hydrogens is 387 g/mol. The van der Waals surface area contributed by atoms with Crippen LogP contribution < -0.4 is 15.1 Å². The van der Waals surface area contributed by atoms with Crippen LogP contribution in [0.4, 0.5) is 10.2 Å². The molecule has 4 aromatic rings. The number of aromatic nitrogens is 1. The number of nitrogens with zero attached hydrogens (tertiary/aromatic N) is 2. The monoisotopic (exact) mass is 402 g/mol. The summed E-state index contributed by atoms with van der Waals surface area (Å²) >= 11 is 0. The van der Waals surface area contributed by atoms with E-state index in [0.717, 1.165) is 6.07 Å². The zero-order valence-corrected chi connectivity index (χ0v) is 15.8. The number of rotatable bonds is 3. The average molecular weight is 402 g/mol. The van der Waals surface area contributed by atoms with Gasteiger partial charge in [0, 0.05) is 6.20 Å². The Morgan fingerprint density at radius 1 is 1.07 bits per heavy atom. The van der Waals surface area contributed by atoms with Crippen molar-refractivity contribution < 1.29 is 18.3 Å². The van der Waals surface area contributed by atoms with Crippen LogP contribution in [-0.2, 0) is 0 Å². The lowest BCUT2D eigenvalue weighted by Crippen LogP contribution is -2.30. The molecule has 30 heavy (non-hydrogen) atoms. The summed E-state index contributed by atoms with van der Waals surface area (Å²) in [6.07, 6.45) is 1.56. The van der Waals surface area contributed by atoms with Gasteiger partial charge in [-0.25, -0.2) is 9.37 Å². The average Bonchev–Trinajstić information content (AvgIpc) is 3.07. The number of ether oxygens (including phenoxy) is 1. The first-order chi connectivity index (χ1) is 14.6. The van der Waals surface area contributed by atoms with Crippen molar-refractivity contribution in [2.75, 3.05) is 12.0 Å². The molecule has 148 valence electrons. The zero-order chi connectivity index (χ0) is 20.8. The number of hydrogen-bond acceptors (Lipinski definition) is 5. The Morgan fingerprint density at radius 3 is 2.70 bits per heavy atom. The van der Waals surface area contributed by atoms with Gasteiger partial charge in [-0.1, -0.05) is 18.2 Å². The van der Waals surface area contributed by atoms with Crippen molar-refractivity contribution in [3.05, 3.63) is 99.8 Å². The van der Waals surface area contributed by atoms with Crippen molar-refractivity contribution in [2.24, 2.45) is 0 Å². The number of carbonyl (C=O) groups is 1. The summed E-state index contributed by atoms with van der Waals surface area (Å²) in [6.45, 7) is 0. The summed E-state index contributed by atoms with van der Waals surface area (Å²) in [5.41, 5.74) is 0.498. The molecule has 0 spiro atoms. The third-order valence-corrected chi connectivity index (χ3v) is 5.14. The van der Waals surface area contributed by atoms with E-state index in [-0.39, 0.29) is 22.3 Å². The summed E-state index contributed by atoms with van der Waals surface area (Å²) in [5, 5.41) is 0.0808. The third-order valence-electron chi connectivity index (χ3n) is 5.14. The number of methoxy groups -OCH3 is 1. The highest BCUT2D eigenvalue weighted by molar-refractivity contribution is 6.10. The van der Waals surface area contributed by atoms with Gasteiger partial charge in [-0.05, 0) is 48.0 Å². The lowest BCUT2D eigenvalue weighted by atomic mass is 9.98. The van der Waals surface area contributed by atoms with Crippen molar-refractivity contribution >= 4 is 22.7 Å². The highest BCUT2D eigenvalue weighted by atomic mass is 19.1. The normalized spacial score (nSPS) is 15.5. The molecule has 1 aliphatic heterocycles. The van der Waals surface area contributed by atoms with Crippen molar-refractivity contribution in [2.45, 2.75) is 6.04 Å². The molecule has 5 rings (SSSR count). The number of hydrogen-bond donors (Lipinski definition) is 0. The number of halogens is 1. The van der Waals surface area contributed by atoms with Crippen LogP contribution in [0.3, 0.4) is 0 Å². The van der Waals surface area contributed by atoms with E-state index < -0.39 is 23.2 Å². The molecule has 6 nitrogen and oxygen atoms in total. The number of anilines is 1. The van der Waals surface area contributed by atoms with Gasteiger partial charge in [-0.15, -0.1) is 0 Å². The fourth-order valence-corrected chi connectivity index (χ4v) is 3.80. The Kier molecular flexibility index (Phi) is 4.10. The molecule has 2 aromatic carbocycles. The van der Waals surface area contributed by atoms with Crippen LogP contribution >= 0.6 is 0 Å². The van der Waals surface area contributed by atoms with Crippen LogP contribution in [0.15, 0.2) is 76.1 Å². The molecule has 2 aromatic heterocycles. The van der Waals surface area contributed by atoms with E-state index in [1.807, 2.05) is 0 Å². The van der Waals surface area contributed by atoms with Gasteiger partial charge in [0.15, 0.2) is 5.43 Å². The second-order valence-corrected chi connectivity index (χ2v) is 6.86. The first-order valence-corrected chi connectivity index (χ1v) is 9.23. The lowest BCUT2D eigenvalue weighted by Gasteiger charge is -2.24. The zero-order valence-electron chi connectivity index (χ0n) is 15.8. The maximum Gasteiger partial charge on any atom is 0.296 e. The molecule has 3 heterocycles. The molecule has 0 aliphatic carbocycles. The van der Waals surface area contributed by atoms with E-state index >= 15 is 0 Å². The molecule has 0 saturated carbocycles. The number of pyridine rings is 1. The molecule has 0 fully saturated rings. The van der Waals surface area contributed by atoms with Crippen molar-refractivity contribution in [1.82, 2.24) is 4.98 Å². The Morgan fingerprint density at radius 2 is 1.93 bits per heavy atom. The van der Waals surface area contributed by atoms with E-state index in [2.05, 4.69) is 4.98 Å². The second-order valence-electron chi connectivity index (χ2n) is 6.86. The van der Waals surface area contributed by atoms with E-state index in [1.165, 1.54) is 24.1 Å². The Balaban J connectivity index is 1.83. The Labute approximate surface area is 170 Å². The first-order valence-electron chi connectivity index (χ1n) is 9.23. The smallest absolute Gasteiger partial charge is 0.296 e. The van der Waals surface area contributed by atoms with Gasteiger partial charge in [-0.2, -0.15) is 0 Å². The SMILES string of the molecule is COc1cccc([C@@H]2c3c(oc4ccc(F)cc4c3=O)C(=O)N2c2ccccn2)c1. The number of fused-ring (bicyclic) bond motifs is 2. The minimum absolute atomic E-state index is 0.0717. The fraction of sp³-hybridized carbons (Fsp3) is 0.0870. The predicted molar refractivity (Wildman–Crippen MR) is 108 cm³/mol. The van der Waals surface area contributed by atoms with E-state index in [4.69, 9.17) is 9.15 Å². The largest absolute Gasteiger partial charge is 0.497 e. The minimum atomic E-state index is -0.790. The van der Waals surface area contributed by atoms with Crippen molar-refractivity contribution in [3.8, 4) is 5.75 Å². The van der Waals surface area contributed by atoms with Gasteiger partial charge in [0.25, 0.3) is 5.91 Å². The predicted octanol–water partition coefficient (Wildman–Crippen LogP) is 4.09. The Bertz CT molecular complexity index is 1350. The van der Waals surface area contributed by atoms with Crippen LogP contribution in [0.25, 0.3) is 11.0 Å². The first kappa shape index (κ1) is 18.1. The molecule has 1 atom stereocenters. The van der Waals surface area contributed by atoms with Crippen molar-refractivity contribution in [3.63, 3.8) is 0 Å². The quantitative estimate of drug-likeness (QED) is 0.516. The highest BCUT2D eigenvalue weighted by Crippen LogP contribution is 2.41. The van der Waals surface area contributed by atoms with E-state index in [1.54, 1.807) is 48.7 Å². The molecule has 7 heteroatoms. The summed E-state index contributed by atoms with van der Waals surface area (Å²) in [5.74, 6) is -0.169. The second kappa shape index (κ2) is 6.81. The van der Waals surface area contributed by atoms with Gasteiger partial charge in [0.2, 0.25) is 5.76 Å². The fourth-order valence-electron chi connectivity index (χ4n) is 3.80. The Hall–Kier alpha value is -4.00. The highest BCUT2D eigenvalue weighted by Gasteiger charge is 2.44. The molecule has 0 bridgehead atoms. The molecule has 1 aliphatic rings. The van der Waals surface area contributed by atoms with Gasteiger partial charge >= 0.3 is 0 Å². The number of carbonyl (C=O) groups excluding carboxylic acids is 1. The van der Waals surface area contributed by atoms with Crippen LogP contribution in [-0.4, -0.2) is 18.0 Å². The molecular formula is C23H15FN2O4. The van der Waals surface area contributed by atoms with Crippen LogP contribution in [0.5, 0.6) is 5.75 Å². The maximum absolute atomic E-state index is 13.8. The number of benzene rings is 2. The molecule has 0 unspecified atom stereocenters. The maximum atomic E-state index is 13.8. The van der Waals surface area contributed by atoms with E-state index in [9.17, 15) is 14.0 Å². The van der Waals surface area contributed by atoms with Crippen molar-refractivity contribution in [1.29, 1.82) is 0 Å². The van der Waals surface area contributed by atoms with Gasteiger partial charge in [0.05, 0.1) is 24.1 Å². The summed E-state index contributed by atoms with van der Waals surface area (Å²) in [4.78, 5) is 32.4. The molecule has 0 radical (unpaired) electrons. The van der Waals surface area contributed by atoms with Gasteiger partial charge in [0.1, 0.15) is 23.0 Å². The topological polar surface area (TPSA) is 72.6 Å². The summed E-state index contributed by atoms with van der Waals surface area (Å²) in [6, 6.07) is 15.1. The molecule has 0 N–H and O–H groups in total. The molecule has 1 amide bonds. The number of amides is 1. The molecule has 0 saturated heterocycles.